The van der Waals surface area contributed by atoms with Crippen LogP contribution < -0.4 is 0 Å². The van der Waals surface area contributed by atoms with Crippen LogP contribution in [0.2, 0.25) is 0 Å². The molecule has 0 aliphatic heterocycles. The quantitative estimate of drug-likeness (QED) is 0.575. The molecular weight excluding hydrogens is 220 g/mol. The third kappa shape index (κ3) is 4.54. The second-order valence-corrected chi connectivity index (χ2v) is 3.51. The third-order valence-electron chi connectivity index (χ3n) is 2.35. The smallest absolute Gasteiger partial charge is 0.315 e. The van der Waals surface area contributed by atoms with Crippen LogP contribution in [0.25, 0.3) is 0 Å². The molecule has 0 aromatic heterocycles. The van der Waals surface area contributed by atoms with E-state index in [0.29, 0.717) is 13.2 Å². The van der Waals surface area contributed by atoms with Crippen LogP contribution in [-0.4, -0.2) is 37.5 Å². The minimum Gasteiger partial charge on any atom is -0.463 e. The first-order valence-electron chi connectivity index (χ1n) is 5.69. The molecule has 0 saturated heterocycles. The van der Waals surface area contributed by atoms with E-state index in [4.69, 9.17) is 9.47 Å². The summed E-state index contributed by atoms with van der Waals surface area (Å²) in [7, 11) is 0. The van der Waals surface area contributed by atoms with Crippen molar-refractivity contribution < 1.29 is 19.4 Å². The Morgan fingerprint density at radius 3 is 2.59 bits per heavy atom. The predicted octanol–water partition coefficient (Wildman–Crippen LogP) is 1.34. The van der Waals surface area contributed by atoms with Crippen molar-refractivity contribution in [2.75, 3.05) is 26.4 Å². The first kappa shape index (κ1) is 13.7. The molecule has 1 atom stereocenters. The molecule has 94 valence electrons. The number of benzene rings is 1. The molecule has 4 nitrogen and oxygen atoms in total. The Labute approximate surface area is 101 Å². The topological polar surface area (TPSA) is 55.8 Å². The van der Waals surface area contributed by atoms with E-state index in [-0.39, 0.29) is 13.2 Å². The van der Waals surface area contributed by atoms with Crippen molar-refractivity contribution in [1.29, 1.82) is 0 Å². The first-order valence-corrected chi connectivity index (χ1v) is 5.69. The van der Waals surface area contributed by atoms with E-state index in [1.165, 1.54) is 0 Å². The molecule has 0 unspecified atom stereocenters. The molecule has 0 spiro atoms. The Morgan fingerprint density at radius 1 is 1.29 bits per heavy atom. The van der Waals surface area contributed by atoms with Crippen LogP contribution >= 0.6 is 0 Å². The van der Waals surface area contributed by atoms with Crippen LogP contribution in [0.5, 0.6) is 0 Å². The van der Waals surface area contributed by atoms with Crippen molar-refractivity contribution in [3.05, 3.63) is 35.9 Å². The van der Waals surface area contributed by atoms with Crippen LogP contribution in [0, 0.1) is 0 Å². The number of ether oxygens (including phenoxy) is 2. The summed E-state index contributed by atoms with van der Waals surface area (Å²) < 4.78 is 10.1. The van der Waals surface area contributed by atoms with E-state index in [0.717, 1.165) is 5.56 Å². The predicted molar refractivity (Wildman–Crippen MR) is 63.7 cm³/mol. The summed E-state index contributed by atoms with van der Waals surface area (Å²) in [5.74, 6) is -1.03. The van der Waals surface area contributed by atoms with Gasteiger partial charge in [-0.25, -0.2) is 0 Å². The molecule has 17 heavy (non-hydrogen) atoms. The standard InChI is InChI=1S/C13H18O4/c1-2-16-8-9-17-13(15)12(10-14)11-6-4-3-5-7-11/h3-7,12,14H,2,8-10H2,1H3/t12-/m0/s1. The van der Waals surface area contributed by atoms with E-state index >= 15 is 0 Å². The molecule has 0 bridgehead atoms. The highest BCUT2D eigenvalue weighted by Gasteiger charge is 2.20. The summed E-state index contributed by atoms with van der Waals surface area (Å²) in [6.07, 6.45) is 0. The molecule has 0 aliphatic carbocycles. The summed E-state index contributed by atoms with van der Waals surface area (Å²) in [4.78, 5) is 11.7. The van der Waals surface area contributed by atoms with E-state index in [1.54, 1.807) is 12.1 Å². The van der Waals surface area contributed by atoms with Gasteiger partial charge in [0.2, 0.25) is 0 Å². The molecule has 1 aromatic rings. The van der Waals surface area contributed by atoms with Gasteiger partial charge in [0.15, 0.2) is 0 Å². The van der Waals surface area contributed by atoms with Crippen molar-refractivity contribution >= 4 is 5.97 Å². The van der Waals surface area contributed by atoms with Gasteiger partial charge in [-0.1, -0.05) is 30.3 Å². The zero-order valence-electron chi connectivity index (χ0n) is 9.96. The largest absolute Gasteiger partial charge is 0.463 e. The number of carbonyl (C=O) groups excluding carboxylic acids is 1. The van der Waals surface area contributed by atoms with Gasteiger partial charge in [-0.15, -0.1) is 0 Å². The highest BCUT2D eigenvalue weighted by molar-refractivity contribution is 5.78. The molecular formula is C13H18O4. The average Bonchev–Trinajstić information content (AvgIpc) is 2.37. The van der Waals surface area contributed by atoms with Gasteiger partial charge in [0.25, 0.3) is 0 Å². The maximum atomic E-state index is 11.7. The molecule has 1 rings (SSSR count). The molecule has 1 N–H and O–H groups in total. The fourth-order valence-electron chi connectivity index (χ4n) is 1.45. The molecule has 0 fully saturated rings. The minimum atomic E-state index is -0.613. The molecule has 0 radical (unpaired) electrons. The highest BCUT2D eigenvalue weighted by Crippen LogP contribution is 2.16. The number of hydrogen-bond acceptors (Lipinski definition) is 4. The number of carbonyl (C=O) groups is 1. The molecule has 0 aliphatic rings. The Balaban J connectivity index is 2.48. The van der Waals surface area contributed by atoms with Gasteiger partial charge in [-0.3, -0.25) is 4.79 Å². The lowest BCUT2D eigenvalue weighted by Gasteiger charge is -2.13. The number of hydrogen-bond donors (Lipinski definition) is 1. The second-order valence-electron chi connectivity index (χ2n) is 3.51. The fraction of sp³-hybridized carbons (Fsp3) is 0.462. The zero-order chi connectivity index (χ0) is 12.5. The lowest BCUT2D eigenvalue weighted by Crippen LogP contribution is -2.21. The van der Waals surface area contributed by atoms with E-state index in [2.05, 4.69) is 0 Å². The van der Waals surface area contributed by atoms with Gasteiger partial charge < -0.3 is 14.6 Å². The summed E-state index contributed by atoms with van der Waals surface area (Å²) in [6.45, 7) is 2.82. The van der Waals surface area contributed by atoms with Gasteiger partial charge in [0.1, 0.15) is 12.5 Å². The van der Waals surface area contributed by atoms with Crippen molar-refractivity contribution in [3.63, 3.8) is 0 Å². The van der Waals surface area contributed by atoms with Crippen LogP contribution in [0.3, 0.4) is 0 Å². The van der Waals surface area contributed by atoms with Gasteiger partial charge in [-0.05, 0) is 12.5 Å². The maximum Gasteiger partial charge on any atom is 0.315 e. The van der Waals surface area contributed by atoms with E-state index in [1.807, 2.05) is 25.1 Å². The summed E-state index contributed by atoms with van der Waals surface area (Å²) >= 11 is 0. The molecule has 0 saturated carbocycles. The summed E-state index contributed by atoms with van der Waals surface area (Å²) in [5, 5.41) is 9.22. The molecule has 0 amide bonds. The monoisotopic (exact) mass is 238 g/mol. The number of aliphatic hydroxyl groups excluding tert-OH is 1. The Hall–Kier alpha value is -1.39. The van der Waals surface area contributed by atoms with Crippen molar-refractivity contribution in [1.82, 2.24) is 0 Å². The lowest BCUT2D eigenvalue weighted by molar-refractivity contribution is -0.148. The second kappa shape index (κ2) is 7.81. The van der Waals surface area contributed by atoms with Crippen LogP contribution in [0.1, 0.15) is 18.4 Å². The van der Waals surface area contributed by atoms with Gasteiger partial charge in [0, 0.05) is 6.61 Å². The number of rotatable bonds is 7. The SMILES string of the molecule is CCOCCOC(=O)[C@@H](CO)c1ccccc1. The third-order valence-corrected chi connectivity index (χ3v) is 2.35. The van der Waals surface area contributed by atoms with Gasteiger partial charge in [-0.2, -0.15) is 0 Å². The van der Waals surface area contributed by atoms with Crippen molar-refractivity contribution in [3.8, 4) is 0 Å². The lowest BCUT2D eigenvalue weighted by atomic mass is 10.0. The van der Waals surface area contributed by atoms with Crippen molar-refractivity contribution in [2.45, 2.75) is 12.8 Å². The van der Waals surface area contributed by atoms with Crippen LogP contribution in [-0.2, 0) is 14.3 Å². The molecule has 4 heteroatoms. The summed E-state index contributed by atoms with van der Waals surface area (Å²) in [5.41, 5.74) is 0.761. The Bertz CT molecular complexity index is 323. The summed E-state index contributed by atoms with van der Waals surface area (Å²) in [6, 6.07) is 9.10. The average molecular weight is 238 g/mol. The number of esters is 1. The van der Waals surface area contributed by atoms with E-state index in [9.17, 15) is 9.90 Å². The van der Waals surface area contributed by atoms with Crippen LogP contribution in [0.4, 0.5) is 0 Å². The minimum absolute atomic E-state index is 0.218. The Morgan fingerprint density at radius 2 is 2.00 bits per heavy atom. The molecule has 1 aromatic carbocycles. The Kier molecular flexibility index (Phi) is 6.29. The van der Waals surface area contributed by atoms with Crippen LogP contribution in [0.15, 0.2) is 30.3 Å². The highest BCUT2D eigenvalue weighted by atomic mass is 16.6. The molecule has 0 heterocycles. The maximum absolute atomic E-state index is 11.7. The van der Waals surface area contributed by atoms with E-state index < -0.39 is 11.9 Å². The van der Waals surface area contributed by atoms with Crippen molar-refractivity contribution in [2.24, 2.45) is 0 Å². The zero-order valence-corrected chi connectivity index (χ0v) is 9.96. The van der Waals surface area contributed by atoms with Gasteiger partial charge >= 0.3 is 5.97 Å². The number of aliphatic hydroxyl groups is 1. The first-order chi connectivity index (χ1) is 8.29. The van der Waals surface area contributed by atoms with Gasteiger partial charge in [0.05, 0.1) is 13.2 Å². The fourth-order valence-corrected chi connectivity index (χ4v) is 1.45. The normalized spacial score (nSPS) is 12.1.